The molecule has 0 bridgehead atoms. The van der Waals surface area contributed by atoms with E-state index in [4.69, 9.17) is 10.2 Å². The summed E-state index contributed by atoms with van der Waals surface area (Å²) in [5.74, 6) is -3.54. The number of nitrogens with two attached hydrogens (primary N) is 1. The Bertz CT molecular complexity index is 1710. The molecule has 7 amide bonds. The van der Waals surface area contributed by atoms with Crippen molar-refractivity contribution in [3.8, 4) is 0 Å². The number of aryl methyl sites for hydroxylation is 1. The molecule has 1 aromatic carbocycles. The summed E-state index contributed by atoms with van der Waals surface area (Å²) in [5, 5.41) is 14.3. The molecule has 10 N–H and O–H groups in total. The largest absolute Gasteiger partial charge is 0.423 e. The van der Waals surface area contributed by atoms with Crippen molar-refractivity contribution in [3.63, 3.8) is 0 Å². The van der Waals surface area contributed by atoms with Gasteiger partial charge in [-0.2, -0.15) is 0 Å². The fourth-order valence-electron chi connectivity index (χ4n) is 6.27. The van der Waals surface area contributed by atoms with Gasteiger partial charge in [0, 0.05) is 56.6 Å². The maximum absolute atomic E-state index is 13.9. The Morgan fingerprint density at radius 1 is 0.887 bits per heavy atom. The molecule has 2 heterocycles. The molecule has 4 atom stereocenters. The molecule has 1 saturated heterocycles. The summed E-state index contributed by atoms with van der Waals surface area (Å²) in [4.78, 5) is 103. The van der Waals surface area contributed by atoms with Crippen molar-refractivity contribution >= 4 is 58.0 Å². The molecule has 1 aromatic heterocycles. The Hall–Kier alpha value is -5.32. The quantitative estimate of drug-likeness (QED) is 0.0680. The molecule has 1 aliphatic heterocycles. The number of likely N-dealkylation sites (tertiary alicyclic amines) is 1. The normalized spacial score (nSPS) is 15.5. The Labute approximate surface area is 307 Å². The molecule has 0 unspecified atom stereocenters. The zero-order valence-electron chi connectivity index (χ0n) is 30.7. The van der Waals surface area contributed by atoms with Crippen LogP contribution in [0, 0.1) is 6.92 Å². The number of hydrogen-bond donors (Lipinski definition) is 7. The number of quaternary nitrogens is 1. The molecule has 53 heavy (non-hydrogen) atoms. The Kier molecular flexibility index (Phi) is 16.4. The van der Waals surface area contributed by atoms with Crippen molar-refractivity contribution in [3.05, 3.63) is 40.2 Å². The molecule has 0 radical (unpaired) electrons. The van der Waals surface area contributed by atoms with E-state index in [1.165, 1.54) is 30.9 Å². The van der Waals surface area contributed by atoms with Crippen molar-refractivity contribution < 1.29 is 43.7 Å². The number of rotatable bonds is 20. The lowest BCUT2D eigenvalue weighted by Crippen LogP contribution is -2.57. The Morgan fingerprint density at radius 2 is 1.58 bits per heavy atom. The van der Waals surface area contributed by atoms with E-state index in [0.29, 0.717) is 68.3 Å². The first kappa shape index (κ1) is 42.1. The van der Waals surface area contributed by atoms with Gasteiger partial charge in [-0.05, 0) is 82.4 Å². The van der Waals surface area contributed by atoms with E-state index in [0.717, 1.165) is 0 Å². The van der Waals surface area contributed by atoms with Crippen molar-refractivity contribution in [2.75, 3.05) is 25.0 Å². The lowest BCUT2D eigenvalue weighted by molar-refractivity contribution is -0.368. The lowest BCUT2D eigenvalue weighted by atomic mass is 10.0. The maximum atomic E-state index is 13.9. The second-order valence-corrected chi connectivity index (χ2v) is 13.3. The van der Waals surface area contributed by atoms with Crippen LogP contribution < -0.4 is 43.7 Å². The number of amides is 7. The predicted octanol–water partition coefficient (Wildman–Crippen LogP) is -0.511. The minimum Gasteiger partial charge on any atom is -0.423 e. The molecule has 290 valence electrons. The van der Waals surface area contributed by atoms with E-state index in [9.17, 15) is 38.4 Å². The lowest BCUT2D eigenvalue weighted by Gasteiger charge is -2.30. The number of carbonyl (C=O) groups excluding carboxylic acids is 7. The Morgan fingerprint density at radius 3 is 2.25 bits per heavy atom. The number of unbranched alkanes of at least 4 members (excludes halogenated alkanes) is 2. The number of fused-ring (bicyclic) bond motifs is 1. The first-order chi connectivity index (χ1) is 25.2. The third-order valence-electron chi connectivity index (χ3n) is 8.96. The van der Waals surface area contributed by atoms with Gasteiger partial charge in [0.05, 0.1) is 6.54 Å². The molecule has 0 spiro atoms. The molecule has 1 aliphatic rings. The second-order valence-electron chi connectivity index (χ2n) is 13.3. The van der Waals surface area contributed by atoms with Gasteiger partial charge in [-0.1, -0.05) is 0 Å². The van der Waals surface area contributed by atoms with Gasteiger partial charge in [-0.25, -0.2) is 4.79 Å². The van der Waals surface area contributed by atoms with E-state index in [-0.39, 0.29) is 43.7 Å². The van der Waals surface area contributed by atoms with Crippen LogP contribution in [-0.4, -0.2) is 90.1 Å². The minimum atomic E-state index is -1.06. The fraction of sp³-hybridized carbons (Fsp3) is 0.556. The highest BCUT2D eigenvalue weighted by Gasteiger charge is 2.39. The number of benzene rings is 1. The molecule has 17 heteroatoms. The number of nitrogens with zero attached hydrogens (tertiary/aromatic N) is 1. The summed E-state index contributed by atoms with van der Waals surface area (Å²) >= 11 is 0. The summed E-state index contributed by atoms with van der Waals surface area (Å²) in [6, 6.07) is 2.18. The van der Waals surface area contributed by atoms with Gasteiger partial charge >= 0.3 is 5.63 Å². The summed E-state index contributed by atoms with van der Waals surface area (Å²) in [6.07, 6.45) is 3.31. The van der Waals surface area contributed by atoms with Crippen molar-refractivity contribution in [2.24, 2.45) is 5.73 Å². The first-order valence-corrected chi connectivity index (χ1v) is 18.1. The van der Waals surface area contributed by atoms with Gasteiger partial charge in [-0.3, -0.25) is 33.6 Å². The number of carbonyl (C=O) groups is 7. The van der Waals surface area contributed by atoms with Gasteiger partial charge in [-0.15, -0.1) is 0 Å². The number of hydrogen-bond acceptors (Lipinski definition) is 9. The van der Waals surface area contributed by atoms with Crippen molar-refractivity contribution in [1.29, 1.82) is 0 Å². The molecular formula is C36H53N8O9+. The summed E-state index contributed by atoms with van der Waals surface area (Å²) < 4.78 is 5.31. The third kappa shape index (κ3) is 13.3. The van der Waals surface area contributed by atoms with Gasteiger partial charge in [0.2, 0.25) is 41.4 Å². The number of nitrogens with one attached hydrogen (secondary N) is 5. The zero-order chi connectivity index (χ0) is 39.1. The number of primary amides is 1. The van der Waals surface area contributed by atoms with Crippen LogP contribution in [0.5, 0.6) is 0 Å². The summed E-state index contributed by atoms with van der Waals surface area (Å²) in [5.41, 5.74) is 9.93. The van der Waals surface area contributed by atoms with Crippen LogP contribution in [0.25, 0.3) is 11.0 Å². The van der Waals surface area contributed by atoms with E-state index >= 15 is 0 Å². The highest BCUT2D eigenvalue weighted by Crippen LogP contribution is 2.22. The van der Waals surface area contributed by atoms with Gasteiger partial charge < -0.3 is 47.4 Å². The van der Waals surface area contributed by atoms with Crippen LogP contribution in [0.4, 0.5) is 5.69 Å². The van der Waals surface area contributed by atoms with Crippen LogP contribution in [0.15, 0.2) is 33.5 Å². The standard InChI is InChI=1S/C36H52N8O9/c1-21-19-32(48)53-30-20-24(12-13-25(21)30)41-33(49)26(10-5-7-17-39-22(2)45)42-34(50)27(9-4-6-16-37)43-35(51)29-11-8-18-44(29)36(52)28(40-23(3)46)14-15-31(38)47/h12-13,19-20,26-29H,4-11,14-18,37H2,1-3H3,(H2,38,47)(H,39,45)(H,40,46)(H,41,49)(H,42,50)(H,43,51)/p+1/t26-,27-,28-,29-/m0/s1. The average Bonchev–Trinajstić information content (AvgIpc) is 3.58. The monoisotopic (exact) mass is 741 g/mol. The molecule has 0 aliphatic carbocycles. The molecular weight excluding hydrogens is 688 g/mol. The van der Waals surface area contributed by atoms with Gasteiger partial charge in [0.1, 0.15) is 29.8 Å². The zero-order valence-corrected chi connectivity index (χ0v) is 30.7. The van der Waals surface area contributed by atoms with E-state index in [1.54, 1.807) is 19.1 Å². The molecule has 0 saturated carbocycles. The highest BCUT2D eigenvalue weighted by molar-refractivity contribution is 6.00. The summed E-state index contributed by atoms with van der Waals surface area (Å²) in [7, 11) is 0. The van der Waals surface area contributed by atoms with Crippen molar-refractivity contribution in [2.45, 2.75) is 109 Å². The highest BCUT2D eigenvalue weighted by atomic mass is 16.4. The van der Waals surface area contributed by atoms with Crippen molar-refractivity contribution in [1.82, 2.24) is 26.2 Å². The van der Waals surface area contributed by atoms with Gasteiger partial charge in [0.25, 0.3) is 0 Å². The van der Waals surface area contributed by atoms with Crippen LogP contribution in [-0.2, 0) is 33.6 Å². The first-order valence-electron chi connectivity index (χ1n) is 18.1. The van der Waals surface area contributed by atoms with E-state index in [2.05, 4.69) is 32.3 Å². The van der Waals surface area contributed by atoms with E-state index in [1.807, 2.05) is 0 Å². The van der Waals surface area contributed by atoms with Gasteiger partial charge in [0.15, 0.2) is 0 Å². The topological polar surface area (TPSA) is 267 Å². The van der Waals surface area contributed by atoms with Crippen LogP contribution >= 0.6 is 0 Å². The van der Waals surface area contributed by atoms with Crippen LogP contribution in [0.1, 0.15) is 83.6 Å². The number of anilines is 1. The SMILES string of the molecule is CC(=O)NCCCC[C@H](NC(=O)[C@H](CCCC[NH3+])NC(=O)[C@@H]1CCCN1C(=O)[C@H](CCC(N)=O)NC(C)=O)C(=O)Nc1ccc2c(C)cc(=O)oc2c1. The fourth-order valence-corrected chi connectivity index (χ4v) is 6.27. The Balaban J connectivity index is 1.80. The van der Waals surface area contributed by atoms with E-state index < -0.39 is 65.2 Å². The average molecular weight is 742 g/mol. The minimum absolute atomic E-state index is 0.0315. The van der Waals surface area contributed by atoms with Crippen LogP contribution in [0.3, 0.4) is 0 Å². The van der Waals surface area contributed by atoms with Crippen LogP contribution in [0.2, 0.25) is 0 Å². The molecule has 17 nitrogen and oxygen atoms in total. The smallest absolute Gasteiger partial charge is 0.336 e. The molecule has 2 aromatic rings. The predicted molar refractivity (Wildman–Crippen MR) is 195 cm³/mol. The summed E-state index contributed by atoms with van der Waals surface area (Å²) in [6.45, 7) is 5.64. The maximum Gasteiger partial charge on any atom is 0.336 e. The second kappa shape index (κ2) is 20.7. The molecule has 1 fully saturated rings. The third-order valence-corrected chi connectivity index (χ3v) is 8.96. The molecule has 3 rings (SSSR count).